The number of methoxy groups -OCH3 is 1. The Kier molecular flexibility index (Phi) is 5.23. The summed E-state index contributed by atoms with van der Waals surface area (Å²) in [6.07, 6.45) is 0.804. The molecule has 0 saturated carbocycles. The quantitative estimate of drug-likeness (QED) is 0.897. The van der Waals surface area contributed by atoms with Gasteiger partial charge in [-0.2, -0.15) is 0 Å². The molecular formula is C17H18ClNO2. The number of amides is 1. The summed E-state index contributed by atoms with van der Waals surface area (Å²) in [7, 11) is 1.63. The van der Waals surface area contributed by atoms with Crippen molar-refractivity contribution >= 4 is 17.5 Å². The molecule has 4 heteroatoms. The van der Waals surface area contributed by atoms with Crippen LogP contribution >= 0.6 is 11.6 Å². The lowest BCUT2D eigenvalue weighted by atomic mass is 10.0. The summed E-state index contributed by atoms with van der Waals surface area (Å²) in [5, 5.41) is 3.58. The molecule has 0 bridgehead atoms. The SMILES string of the molecule is CC[C@H](NC(=O)c1cccc(Cl)c1)c1ccc(OC)cc1. The topological polar surface area (TPSA) is 38.3 Å². The van der Waals surface area contributed by atoms with Gasteiger partial charge in [-0.1, -0.05) is 36.7 Å². The van der Waals surface area contributed by atoms with E-state index in [1.807, 2.05) is 31.2 Å². The second-order valence-electron chi connectivity index (χ2n) is 4.72. The number of carbonyl (C=O) groups excluding carboxylic acids is 1. The van der Waals surface area contributed by atoms with Crippen molar-refractivity contribution in [1.82, 2.24) is 5.32 Å². The molecule has 0 aromatic heterocycles. The highest BCUT2D eigenvalue weighted by atomic mass is 35.5. The van der Waals surface area contributed by atoms with Crippen LogP contribution in [0.2, 0.25) is 5.02 Å². The molecule has 2 aromatic rings. The Hall–Kier alpha value is -2.00. The van der Waals surface area contributed by atoms with Crippen LogP contribution < -0.4 is 10.1 Å². The van der Waals surface area contributed by atoms with Crippen LogP contribution in [0.15, 0.2) is 48.5 Å². The van der Waals surface area contributed by atoms with E-state index in [1.165, 1.54) is 0 Å². The highest BCUT2D eigenvalue weighted by Crippen LogP contribution is 2.21. The predicted molar refractivity (Wildman–Crippen MR) is 84.9 cm³/mol. The lowest BCUT2D eigenvalue weighted by molar-refractivity contribution is 0.0935. The molecule has 0 aliphatic rings. The zero-order valence-corrected chi connectivity index (χ0v) is 12.9. The summed E-state index contributed by atoms with van der Waals surface area (Å²) >= 11 is 5.92. The Morgan fingerprint density at radius 3 is 2.52 bits per heavy atom. The van der Waals surface area contributed by atoms with Gasteiger partial charge < -0.3 is 10.1 Å². The first-order valence-corrected chi connectivity index (χ1v) is 7.22. The van der Waals surface area contributed by atoms with Crippen LogP contribution in [-0.4, -0.2) is 13.0 Å². The van der Waals surface area contributed by atoms with Gasteiger partial charge in [-0.25, -0.2) is 0 Å². The molecule has 2 rings (SSSR count). The maximum absolute atomic E-state index is 12.3. The maximum Gasteiger partial charge on any atom is 0.251 e. The fourth-order valence-corrected chi connectivity index (χ4v) is 2.32. The van der Waals surface area contributed by atoms with E-state index in [0.717, 1.165) is 17.7 Å². The number of nitrogens with one attached hydrogen (secondary N) is 1. The molecular weight excluding hydrogens is 286 g/mol. The summed E-state index contributed by atoms with van der Waals surface area (Å²) in [6, 6.07) is 14.6. The smallest absolute Gasteiger partial charge is 0.251 e. The summed E-state index contributed by atoms with van der Waals surface area (Å²) in [5.74, 6) is 0.676. The van der Waals surface area contributed by atoms with Crippen LogP contribution in [0, 0.1) is 0 Å². The van der Waals surface area contributed by atoms with E-state index < -0.39 is 0 Å². The normalized spacial score (nSPS) is 11.8. The van der Waals surface area contributed by atoms with E-state index in [1.54, 1.807) is 31.4 Å². The number of halogens is 1. The molecule has 1 N–H and O–H groups in total. The second-order valence-corrected chi connectivity index (χ2v) is 5.15. The molecule has 0 aliphatic carbocycles. The van der Waals surface area contributed by atoms with Crippen LogP contribution in [0.3, 0.4) is 0 Å². The van der Waals surface area contributed by atoms with Crippen LogP contribution in [0.5, 0.6) is 5.75 Å². The van der Waals surface area contributed by atoms with E-state index in [0.29, 0.717) is 10.6 Å². The molecule has 2 aromatic carbocycles. The Labute approximate surface area is 129 Å². The van der Waals surface area contributed by atoms with Gasteiger partial charge in [0.15, 0.2) is 0 Å². The number of carbonyl (C=O) groups is 1. The minimum Gasteiger partial charge on any atom is -0.497 e. The third-order valence-corrected chi connectivity index (χ3v) is 3.55. The molecule has 0 aliphatic heterocycles. The summed E-state index contributed by atoms with van der Waals surface area (Å²) in [5.41, 5.74) is 1.61. The zero-order chi connectivity index (χ0) is 15.2. The minimum absolute atomic E-state index is 0.0395. The summed E-state index contributed by atoms with van der Waals surface area (Å²) in [6.45, 7) is 2.03. The number of hydrogen-bond acceptors (Lipinski definition) is 2. The molecule has 1 atom stereocenters. The molecule has 0 fully saturated rings. The largest absolute Gasteiger partial charge is 0.497 e. The van der Waals surface area contributed by atoms with E-state index in [4.69, 9.17) is 16.3 Å². The van der Waals surface area contributed by atoms with Gasteiger partial charge in [-0.3, -0.25) is 4.79 Å². The van der Waals surface area contributed by atoms with Gasteiger partial charge in [0.2, 0.25) is 0 Å². The van der Waals surface area contributed by atoms with Crippen molar-refractivity contribution in [1.29, 1.82) is 0 Å². The average molecular weight is 304 g/mol. The van der Waals surface area contributed by atoms with E-state index in [-0.39, 0.29) is 11.9 Å². The van der Waals surface area contributed by atoms with Gasteiger partial charge in [-0.05, 0) is 42.3 Å². The molecule has 110 valence electrons. The number of ether oxygens (including phenoxy) is 1. The van der Waals surface area contributed by atoms with Crippen molar-refractivity contribution < 1.29 is 9.53 Å². The first kappa shape index (κ1) is 15.4. The van der Waals surface area contributed by atoms with E-state index in [9.17, 15) is 4.79 Å². The van der Waals surface area contributed by atoms with Crippen molar-refractivity contribution in [2.24, 2.45) is 0 Å². The Morgan fingerprint density at radius 1 is 1.24 bits per heavy atom. The number of hydrogen-bond donors (Lipinski definition) is 1. The highest BCUT2D eigenvalue weighted by molar-refractivity contribution is 6.30. The first-order chi connectivity index (χ1) is 10.1. The molecule has 0 saturated heterocycles. The van der Waals surface area contributed by atoms with Crippen LogP contribution in [-0.2, 0) is 0 Å². The third-order valence-electron chi connectivity index (χ3n) is 3.32. The molecule has 0 heterocycles. The average Bonchev–Trinajstić information content (AvgIpc) is 2.52. The lowest BCUT2D eigenvalue weighted by Crippen LogP contribution is -2.28. The summed E-state index contributed by atoms with van der Waals surface area (Å²) in [4.78, 5) is 12.3. The van der Waals surface area contributed by atoms with Crippen LogP contribution in [0.1, 0.15) is 35.3 Å². The maximum atomic E-state index is 12.3. The van der Waals surface area contributed by atoms with Gasteiger partial charge >= 0.3 is 0 Å². The monoisotopic (exact) mass is 303 g/mol. The summed E-state index contributed by atoms with van der Waals surface area (Å²) < 4.78 is 5.14. The lowest BCUT2D eigenvalue weighted by Gasteiger charge is -2.18. The van der Waals surface area contributed by atoms with Crippen LogP contribution in [0.25, 0.3) is 0 Å². The first-order valence-electron chi connectivity index (χ1n) is 6.84. The van der Waals surface area contributed by atoms with E-state index in [2.05, 4.69) is 5.32 Å². The van der Waals surface area contributed by atoms with Gasteiger partial charge in [-0.15, -0.1) is 0 Å². The van der Waals surface area contributed by atoms with Crippen molar-refractivity contribution in [2.75, 3.05) is 7.11 Å². The van der Waals surface area contributed by atoms with Gasteiger partial charge in [0, 0.05) is 10.6 Å². The molecule has 1 amide bonds. The second kappa shape index (κ2) is 7.14. The predicted octanol–water partition coefficient (Wildman–Crippen LogP) is 4.23. The molecule has 0 radical (unpaired) electrons. The number of rotatable bonds is 5. The fourth-order valence-electron chi connectivity index (χ4n) is 2.13. The van der Waals surface area contributed by atoms with E-state index >= 15 is 0 Å². The molecule has 0 spiro atoms. The molecule has 0 unspecified atom stereocenters. The Morgan fingerprint density at radius 2 is 1.95 bits per heavy atom. The van der Waals surface area contributed by atoms with Gasteiger partial charge in [0.05, 0.1) is 13.2 Å². The molecule has 21 heavy (non-hydrogen) atoms. The van der Waals surface area contributed by atoms with Crippen molar-refractivity contribution in [2.45, 2.75) is 19.4 Å². The van der Waals surface area contributed by atoms with Crippen molar-refractivity contribution in [3.8, 4) is 5.75 Å². The Balaban J connectivity index is 2.12. The number of benzene rings is 2. The fraction of sp³-hybridized carbons (Fsp3) is 0.235. The zero-order valence-electron chi connectivity index (χ0n) is 12.1. The highest BCUT2D eigenvalue weighted by Gasteiger charge is 2.14. The standard InChI is InChI=1S/C17H18ClNO2/c1-3-16(12-7-9-15(21-2)10-8-12)19-17(20)13-5-4-6-14(18)11-13/h4-11,16H,3H2,1-2H3,(H,19,20)/t16-/m0/s1. The van der Waals surface area contributed by atoms with Crippen LogP contribution in [0.4, 0.5) is 0 Å². The van der Waals surface area contributed by atoms with Crippen molar-refractivity contribution in [3.05, 3.63) is 64.7 Å². The third kappa shape index (κ3) is 3.99. The minimum atomic E-state index is -0.125. The van der Waals surface area contributed by atoms with Crippen molar-refractivity contribution in [3.63, 3.8) is 0 Å². The molecule has 3 nitrogen and oxygen atoms in total. The Bertz CT molecular complexity index is 610. The van der Waals surface area contributed by atoms with Gasteiger partial charge in [0.1, 0.15) is 5.75 Å². The van der Waals surface area contributed by atoms with Gasteiger partial charge in [0.25, 0.3) is 5.91 Å².